The minimum atomic E-state index is -0.350. The molecule has 0 aliphatic heterocycles. The fourth-order valence-corrected chi connectivity index (χ4v) is 2.44. The summed E-state index contributed by atoms with van der Waals surface area (Å²) < 4.78 is 10.5. The summed E-state index contributed by atoms with van der Waals surface area (Å²) in [7, 11) is 1.38. The number of hydrogen-bond donors (Lipinski definition) is 0. The Labute approximate surface area is 136 Å². The molecule has 3 nitrogen and oxygen atoms in total. The van der Waals surface area contributed by atoms with Crippen LogP contribution in [0.4, 0.5) is 0 Å². The maximum atomic E-state index is 11.8. The minimum Gasteiger partial charge on any atom is -0.493 e. The first-order valence-corrected chi connectivity index (χ1v) is 8.43. The van der Waals surface area contributed by atoms with Crippen LogP contribution in [-0.4, -0.2) is 19.7 Å². The monoisotopic (exact) mass is 320 g/mol. The maximum Gasteiger partial charge on any atom is 0.338 e. The lowest BCUT2D eigenvalue weighted by Crippen LogP contribution is -2.06. The molecule has 0 aliphatic carbocycles. The Morgan fingerprint density at radius 3 is 2.45 bits per heavy atom. The molecule has 1 aromatic heterocycles. The third kappa shape index (κ3) is 5.19. The van der Waals surface area contributed by atoms with Crippen LogP contribution < -0.4 is 4.74 Å². The fraction of sp³-hybridized carbons (Fsp3) is 0.389. The zero-order valence-electron chi connectivity index (χ0n) is 13.9. The molecule has 0 unspecified atom stereocenters. The van der Waals surface area contributed by atoms with Crippen LogP contribution in [0.15, 0.2) is 35.0 Å². The van der Waals surface area contributed by atoms with E-state index in [4.69, 9.17) is 9.47 Å². The van der Waals surface area contributed by atoms with E-state index >= 15 is 0 Å². The molecule has 0 amide bonds. The Morgan fingerprint density at radius 2 is 1.91 bits per heavy atom. The van der Waals surface area contributed by atoms with Gasteiger partial charge in [0.05, 0.1) is 19.3 Å². The van der Waals surface area contributed by atoms with E-state index in [1.165, 1.54) is 7.11 Å². The minimum absolute atomic E-state index is 0.350. The number of esters is 1. The molecule has 120 valence electrons. The number of thiophene rings is 1. The third-order valence-electron chi connectivity index (χ3n) is 2.77. The van der Waals surface area contributed by atoms with E-state index in [0.717, 1.165) is 11.1 Å². The molecule has 22 heavy (non-hydrogen) atoms. The Kier molecular flexibility index (Phi) is 7.67. The van der Waals surface area contributed by atoms with Crippen LogP contribution in [0, 0.1) is 5.92 Å². The lowest BCUT2D eigenvalue weighted by atomic mass is 10.1. The number of carbonyl (C=O) groups excluding carboxylic acids is 1. The van der Waals surface area contributed by atoms with E-state index in [1.54, 1.807) is 17.4 Å². The summed E-state index contributed by atoms with van der Waals surface area (Å²) in [4.78, 5) is 11.8. The number of carbonyl (C=O) groups is 1. The van der Waals surface area contributed by atoms with Crippen molar-refractivity contribution >= 4 is 17.3 Å². The normalized spacial score (nSPS) is 9.91. The summed E-state index contributed by atoms with van der Waals surface area (Å²) in [6, 6.07) is 7.53. The van der Waals surface area contributed by atoms with Gasteiger partial charge in [0.25, 0.3) is 0 Å². The lowest BCUT2D eigenvalue weighted by Gasteiger charge is -2.11. The smallest absolute Gasteiger partial charge is 0.338 e. The molecule has 0 N–H and O–H groups in total. The quantitative estimate of drug-likeness (QED) is 0.705. The molecule has 2 rings (SSSR count). The maximum absolute atomic E-state index is 11.8. The second-order valence-electron chi connectivity index (χ2n) is 4.95. The van der Waals surface area contributed by atoms with Crippen molar-refractivity contribution in [1.82, 2.24) is 0 Å². The Balaban J connectivity index is 0.00000116. The van der Waals surface area contributed by atoms with E-state index in [2.05, 4.69) is 13.8 Å². The summed E-state index contributed by atoms with van der Waals surface area (Å²) in [5.74, 6) is 0.778. The molecule has 0 bridgehead atoms. The highest BCUT2D eigenvalue weighted by Gasteiger charge is 2.11. The van der Waals surface area contributed by atoms with Gasteiger partial charge < -0.3 is 9.47 Å². The molecular formula is C18H24O3S. The molecule has 0 atom stereocenters. The average Bonchev–Trinajstić information content (AvgIpc) is 3.08. The highest BCUT2D eigenvalue weighted by Crippen LogP contribution is 2.28. The highest BCUT2D eigenvalue weighted by atomic mass is 32.1. The van der Waals surface area contributed by atoms with Crippen molar-refractivity contribution in [3.63, 3.8) is 0 Å². The van der Waals surface area contributed by atoms with Crippen LogP contribution in [-0.2, 0) is 4.74 Å². The van der Waals surface area contributed by atoms with Gasteiger partial charge in [-0.25, -0.2) is 4.79 Å². The molecule has 0 radical (unpaired) electrons. The lowest BCUT2D eigenvalue weighted by molar-refractivity contribution is 0.0600. The van der Waals surface area contributed by atoms with Crippen molar-refractivity contribution in [2.45, 2.75) is 27.7 Å². The van der Waals surface area contributed by atoms with E-state index in [1.807, 2.05) is 42.8 Å². The van der Waals surface area contributed by atoms with Crippen molar-refractivity contribution in [2.24, 2.45) is 5.92 Å². The van der Waals surface area contributed by atoms with E-state index in [9.17, 15) is 4.79 Å². The Bertz CT molecular complexity index is 574. The first kappa shape index (κ1) is 18.2. The van der Waals surface area contributed by atoms with Gasteiger partial charge in [0.2, 0.25) is 0 Å². The summed E-state index contributed by atoms with van der Waals surface area (Å²) in [6.07, 6.45) is 0. The van der Waals surface area contributed by atoms with Crippen LogP contribution >= 0.6 is 11.3 Å². The molecule has 0 spiro atoms. The predicted molar refractivity (Wildman–Crippen MR) is 92.8 cm³/mol. The van der Waals surface area contributed by atoms with Gasteiger partial charge in [0, 0.05) is 0 Å². The highest BCUT2D eigenvalue weighted by molar-refractivity contribution is 7.08. The SMILES string of the molecule is CC.COC(=O)c1cc(OCC(C)C)cc(-c2ccsc2)c1. The van der Waals surface area contributed by atoms with Crippen LogP contribution in [0.3, 0.4) is 0 Å². The molecular weight excluding hydrogens is 296 g/mol. The Morgan fingerprint density at radius 1 is 1.18 bits per heavy atom. The standard InChI is InChI=1S/C16H18O3S.C2H6/c1-11(2)9-19-15-7-13(12-4-5-20-10-12)6-14(8-15)16(17)18-3;1-2/h4-8,10-11H,9H2,1-3H3;1-2H3. The van der Waals surface area contributed by atoms with E-state index in [0.29, 0.717) is 23.8 Å². The molecule has 0 saturated heterocycles. The topological polar surface area (TPSA) is 35.5 Å². The molecule has 1 aromatic carbocycles. The number of ether oxygens (including phenoxy) is 2. The summed E-state index contributed by atoms with van der Waals surface area (Å²) in [5.41, 5.74) is 2.55. The van der Waals surface area contributed by atoms with Crippen LogP contribution in [0.2, 0.25) is 0 Å². The van der Waals surface area contributed by atoms with Crippen LogP contribution in [0.25, 0.3) is 11.1 Å². The largest absolute Gasteiger partial charge is 0.493 e. The van der Waals surface area contributed by atoms with Crippen molar-refractivity contribution < 1.29 is 14.3 Å². The average molecular weight is 320 g/mol. The molecule has 4 heteroatoms. The van der Waals surface area contributed by atoms with E-state index < -0.39 is 0 Å². The van der Waals surface area contributed by atoms with Crippen molar-refractivity contribution in [2.75, 3.05) is 13.7 Å². The summed E-state index contributed by atoms with van der Waals surface area (Å²) >= 11 is 1.62. The first-order chi connectivity index (χ1) is 10.6. The van der Waals surface area contributed by atoms with Gasteiger partial charge in [0.1, 0.15) is 5.75 Å². The molecule has 2 aromatic rings. The summed E-state index contributed by atoms with van der Waals surface area (Å²) in [6.45, 7) is 8.79. The molecule has 0 saturated carbocycles. The third-order valence-corrected chi connectivity index (χ3v) is 3.45. The number of rotatable bonds is 5. The van der Waals surface area contributed by atoms with Gasteiger partial charge in [-0.15, -0.1) is 0 Å². The zero-order chi connectivity index (χ0) is 16.5. The zero-order valence-corrected chi connectivity index (χ0v) is 14.7. The Hall–Kier alpha value is -1.81. The summed E-state index contributed by atoms with van der Waals surface area (Å²) in [5, 5.41) is 4.05. The molecule has 1 heterocycles. The van der Waals surface area contributed by atoms with Gasteiger partial charge in [0.15, 0.2) is 0 Å². The van der Waals surface area contributed by atoms with Crippen molar-refractivity contribution in [3.8, 4) is 16.9 Å². The predicted octanol–water partition coefficient (Wildman–Crippen LogP) is 5.26. The van der Waals surface area contributed by atoms with Gasteiger partial charge in [-0.05, 0) is 52.1 Å². The second-order valence-corrected chi connectivity index (χ2v) is 5.73. The molecule has 0 aliphatic rings. The second kappa shape index (κ2) is 9.26. The van der Waals surface area contributed by atoms with Crippen molar-refractivity contribution in [1.29, 1.82) is 0 Å². The number of benzene rings is 1. The van der Waals surface area contributed by atoms with E-state index in [-0.39, 0.29) is 5.97 Å². The molecule has 0 fully saturated rings. The van der Waals surface area contributed by atoms with Crippen LogP contribution in [0.5, 0.6) is 5.75 Å². The number of methoxy groups -OCH3 is 1. The van der Waals surface area contributed by atoms with Crippen LogP contribution in [0.1, 0.15) is 38.1 Å². The van der Waals surface area contributed by atoms with Gasteiger partial charge in [-0.3, -0.25) is 0 Å². The van der Waals surface area contributed by atoms with Gasteiger partial charge in [-0.1, -0.05) is 27.7 Å². The number of hydrogen-bond acceptors (Lipinski definition) is 4. The first-order valence-electron chi connectivity index (χ1n) is 7.49. The van der Waals surface area contributed by atoms with Gasteiger partial charge in [-0.2, -0.15) is 11.3 Å². The fourth-order valence-electron chi connectivity index (χ4n) is 1.78. The van der Waals surface area contributed by atoms with Crippen molar-refractivity contribution in [3.05, 3.63) is 40.6 Å². The van der Waals surface area contributed by atoms with Gasteiger partial charge >= 0.3 is 5.97 Å².